The third-order valence-electron chi connectivity index (χ3n) is 4.25. The minimum Gasteiger partial charge on any atom is -0.468 e. The van der Waals surface area contributed by atoms with Crippen LogP contribution in [0.25, 0.3) is 0 Å². The van der Waals surface area contributed by atoms with Gasteiger partial charge in [0.1, 0.15) is 5.75 Å². The summed E-state index contributed by atoms with van der Waals surface area (Å²) in [5.74, 6) is 0.735. The van der Waals surface area contributed by atoms with E-state index in [-0.39, 0.29) is 18.4 Å². The quantitative estimate of drug-likeness (QED) is 0.724. The van der Waals surface area contributed by atoms with Crippen molar-refractivity contribution < 1.29 is 19.0 Å². The molecule has 1 saturated heterocycles. The van der Waals surface area contributed by atoms with Crippen LogP contribution in [-0.2, 0) is 9.47 Å². The van der Waals surface area contributed by atoms with E-state index in [1.54, 1.807) is 14.2 Å². The molecule has 1 aromatic rings. The van der Waals surface area contributed by atoms with Crippen LogP contribution in [0.5, 0.6) is 5.75 Å². The van der Waals surface area contributed by atoms with Crippen molar-refractivity contribution in [3.63, 3.8) is 0 Å². The minimum absolute atomic E-state index is 0.0142. The van der Waals surface area contributed by atoms with Gasteiger partial charge in [-0.2, -0.15) is 0 Å². The molecule has 1 heterocycles. The van der Waals surface area contributed by atoms with Gasteiger partial charge in [-0.15, -0.1) is 0 Å². The summed E-state index contributed by atoms with van der Waals surface area (Å²) in [5, 5.41) is 0. The number of carbonyl (C=O) groups excluding carboxylic acids is 1. The van der Waals surface area contributed by atoms with Gasteiger partial charge in [0, 0.05) is 33.0 Å². The molecule has 0 bridgehead atoms. The van der Waals surface area contributed by atoms with E-state index in [1.165, 1.54) is 0 Å². The van der Waals surface area contributed by atoms with Crippen LogP contribution in [0.3, 0.4) is 0 Å². The Hall–Kier alpha value is -1.79. The second-order valence-electron chi connectivity index (χ2n) is 5.80. The zero-order chi connectivity index (χ0) is 15.6. The number of anilines is 1. The smallest absolute Gasteiger partial charge is 0.325 e. The number of nitrogens with zero attached hydrogens (tertiary/aromatic N) is 2. The number of methoxy groups -OCH3 is 2. The number of urea groups is 1. The molecule has 2 aliphatic rings. The van der Waals surface area contributed by atoms with Gasteiger partial charge in [0.2, 0.25) is 0 Å². The Labute approximate surface area is 130 Å². The Morgan fingerprint density at radius 2 is 1.86 bits per heavy atom. The van der Waals surface area contributed by atoms with Crippen LogP contribution in [0.15, 0.2) is 24.3 Å². The zero-order valence-corrected chi connectivity index (χ0v) is 13.1. The molecule has 1 aliphatic carbocycles. The molecule has 1 aliphatic heterocycles. The molecule has 6 nitrogen and oxygen atoms in total. The lowest BCUT2D eigenvalue weighted by Gasteiger charge is -2.23. The van der Waals surface area contributed by atoms with Crippen molar-refractivity contribution >= 4 is 11.7 Å². The molecule has 0 radical (unpaired) electrons. The van der Waals surface area contributed by atoms with Gasteiger partial charge >= 0.3 is 6.03 Å². The largest absolute Gasteiger partial charge is 0.468 e. The summed E-state index contributed by atoms with van der Waals surface area (Å²) < 4.78 is 15.4. The molecule has 6 heteroatoms. The standard InChI is InChI=1S/C16H22N2O4/c1-20-10-9-17-11-16(7-8-16)18(15(17)19)13-3-5-14(6-4-13)22-12-21-2/h3-6H,7-12H2,1-2H3. The molecule has 1 saturated carbocycles. The van der Waals surface area contributed by atoms with E-state index in [4.69, 9.17) is 14.2 Å². The van der Waals surface area contributed by atoms with Crippen molar-refractivity contribution in [2.24, 2.45) is 0 Å². The Morgan fingerprint density at radius 1 is 1.14 bits per heavy atom. The maximum absolute atomic E-state index is 12.7. The second kappa shape index (κ2) is 6.14. The summed E-state index contributed by atoms with van der Waals surface area (Å²) in [7, 11) is 3.24. The molecule has 22 heavy (non-hydrogen) atoms. The maximum Gasteiger partial charge on any atom is 0.325 e. The molecule has 0 atom stereocenters. The molecule has 3 rings (SSSR count). The Kier molecular flexibility index (Phi) is 4.22. The first-order valence-electron chi connectivity index (χ1n) is 7.50. The van der Waals surface area contributed by atoms with E-state index < -0.39 is 0 Å². The number of carbonyl (C=O) groups is 1. The summed E-state index contributed by atoms with van der Waals surface area (Å²) in [6.07, 6.45) is 2.12. The molecule has 120 valence electrons. The van der Waals surface area contributed by atoms with Crippen LogP contribution >= 0.6 is 0 Å². The number of hydrogen-bond acceptors (Lipinski definition) is 4. The highest BCUT2D eigenvalue weighted by Crippen LogP contribution is 2.49. The van der Waals surface area contributed by atoms with Gasteiger partial charge in [-0.05, 0) is 37.1 Å². The average Bonchev–Trinajstić information content (AvgIpc) is 3.24. The van der Waals surface area contributed by atoms with Crippen molar-refractivity contribution in [1.29, 1.82) is 0 Å². The number of hydrogen-bond donors (Lipinski definition) is 0. The third kappa shape index (κ3) is 2.76. The fraction of sp³-hybridized carbons (Fsp3) is 0.562. The normalized spacial score (nSPS) is 19.1. The van der Waals surface area contributed by atoms with Gasteiger partial charge in [-0.25, -0.2) is 4.79 Å². The topological polar surface area (TPSA) is 51.2 Å². The van der Waals surface area contributed by atoms with E-state index in [9.17, 15) is 4.79 Å². The predicted octanol–water partition coefficient (Wildman–Crippen LogP) is 2.09. The Morgan fingerprint density at radius 3 is 2.45 bits per heavy atom. The predicted molar refractivity (Wildman–Crippen MR) is 82.2 cm³/mol. The van der Waals surface area contributed by atoms with Gasteiger partial charge in [-0.1, -0.05) is 0 Å². The van der Waals surface area contributed by atoms with Crippen molar-refractivity contribution in [3.8, 4) is 5.75 Å². The zero-order valence-electron chi connectivity index (χ0n) is 13.1. The van der Waals surface area contributed by atoms with Crippen LogP contribution in [-0.4, -0.2) is 57.2 Å². The molecular weight excluding hydrogens is 284 g/mol. The van der Waals surface area contributed by atoms with Crippen LogP contribution in [0.2, 0.25) is 0 Å². The molecule has 0 N–H and O–H groups in total. The Balaban J connectivity index is 1.74. The summed E-state index contributed by atoms with van der Waals surface area (Å²) >= 11 is 0. The van der Waals surface area contributed by atoms with E-state index in [2.05, 4.69) is 0 Å². The molecule has 0 unspecified atom stereocenters. The van der Waals surface area contributed by atoms with Gasteiger partial charge in [0.05, 0.1) is 12.1 Å². The van der Waals surface area contributed by atoms with Gasteiger partial charge < -0.3 is 19.1 Å². The summed E-state index contributed by atoms with van der Waals surface area (Å²) in [6.45, 7) is 2.22. The number of ether oxygens (including phenoxy) is 3. The lowest BCUT2D eigenvalue weighted by Crippen LogP contribution is -2.36. The Bertz CT molecular complexity index is 527. The van der Waals surface area contributed by atoms with E-state index in [0.29, 0.717) is 13.2 Å². The van der Waals surface area contributed by atoms with Crippen LogP contribution in [0.4, 0.5) is 10.5 Å². The molecule has 1 aromatic carbocycles. The highest BCUT2D eigenvalue weighted by atomic mass is 16.7. The molecule has 2 fully saturated rings. The van der Waals surface area contributed by atoms with Crippen molar-refractivity contribution in [2.75, 3.05) is 45.6 Å². The molecular formula is C16H22N2O4. The molecule has 2 amide bonds. The first-order valence-corrected chi connectivity index (χ1v) is 7.50. The van der Waals surface area contributed by atoms with Crippen LogP contribution < -0.4 is 9.64 Å². The van der Waals surface area contributed by atoms with Crippen molar-refractivity contribution in [2.45, 2.75) is 18.4 Å². The monoisotopic (exact) mass is 306 g/mol. The maximum atomic E-state index is 12.7. The summed E-state index contributed by atoms with van der Waals surface area (Å²) in [6, 6.07) is 7.68. The lowest BCUT2D eigenvalue weighted by molar-refractivity contribution is 0.0511. The van der Waals surface area contributed by atoms with Crippen molar-refractivity contribution in [3.05, 3.63) is 24.3 Å². The van der Waals surface area contributed by atoms with Gasteiger partial charge in [-0.3, -0.25) is 4.90 Å². The SMILES string of the molecule is COCCN1CC2(CC2)N(c2ccc(OCOC)cc2)C1=O. The van der Waals surface area contributed by atoms with E-state index in [0.717, 1.165) is 30.8 Å². The highest BCUT2D eigenvalue weighted by Gasteiger charge is 2.58. The third-order valence-corrected chi connectivity index (χ3v) is 4.25. The van der Waals surface area contributed by atoms with E-state index >= 15 is 0 Å². The number of benzene rings is 1. The van der Waals surface area contributed by atoms with Gasteiger partial charge in [0.15, 0.2) is 6.79 Å². The first-order chi connectivity index (χ1) is 10.7. The average molecular weight is 306 g/mol. The fourth-order valence-electron chi connectivity index (χ4n) is 2.94. The summed E-state index contributed by atoms with van der Waals surface area (Å²) in [4.78, 5) is 16.5. The van der Waals surface area contributed by atoms with Crippen LogP contribution in [0, 0.1) is 0 Å². The van der Waals surface area contributed by atoms with E-state index in [1.807, 2.05) is 34.1 Å². The summed E-state index contributed by atoms with van der Waals surface area (Å²) in [5.41, 5.74) is 0.909. The first kappa shape index (κ1) is 15.1. The highest BCUT2D eigenvalue weighted by molar-refractivity contribution is 5.97. The van der Waals surface area contributed by atoms with Crippen LogP contribution in [0.1, 0.15) is 12.8 Å². The molecule has 1 spiro atoms. The minimum atomic E-state index is -0.0142. The molecule has 0 aromatic heterocycles. The number of amides is 2. The lowest BCUT2D eigenvalue weighted by atomic mass is 10.2. The van der Waals surface area contributed by atoms with Gasteiger partial charge in [0.25, 0.3) is 0 Å². The second-order valence-corrected chi connectivity index (χ2v) is 5.80. The fourth-order valence-corrected chi connectivity index (χ4v) is 2.94. The van der Waals surface area contributed by atoms with Crippen molar-refractivity contribution in [1.82, 2.24) is 4.90 Å². The number of rotatable bonds is 7.